The molecule has 2 rings (SSSR count). The highest BCUT2D eigenvalue weighted by atomic mass is 16.6. The molecule has 1 aromatic rings. The summed E-state index contributed by atoms with van der Waals surface area (Å²) in [5.74, 6) is 0.683. The lowest BCUT2D eigenvalue weighted by Crippen LogP contribution is -2.46. The number of aromatic nitrogens is 2. The van der Waals surface area contributed by atoms with E-state index in [9.17, 15) is 10.1 Å². The van der Waals surface area contributed by atoms with E-state index in [1.54, 1.807) is 0 Å². The zero-order valence-corrected chi connectivity index (χ0v) is 13.7. The first-order valence-electron chi connectivity index (χ1n) is 7.56. The molecule has 1 aliphatic heterocycles. The minimum absolute atomic E-state index is 0.0395. The van der Waals surface area contributed by atoms with E-state index in [0.29, 0.717) is 5.82 Å². The first kappa shape index (κ1) is 16.4. The summed E-state index contributed by atoms with van der Waals surface area (Å²) in [5, 5.41) is 14.6. The van der Waals surface area contributed by atoms with Crippen LogP contribution in [0.2, 0.25) is 0 Å². The summed E-state index contributed by atoms with van der Waals surface area (Å²) >= 11 is 0. The van der Waals surface area contributed by atoms with Crippen molar-refractivity contribution in [2.24, 2.45) is 0 Å². The van der Waals surface area contributed by atoms with Gasteiger partial charge in [0.25, 0.3) is 0 Å². The van der Waals surface area contributed by atoms with Gasteiger partial charge < -0.3 is 15.1 Å². The second-order valence-corrected chi connectivity index (χ2v) is 6.45. The van der Waals surface area contributed by atoms with E-state index in [-0.39, 0.29) is 17.0 Å². The predicted octanol–water partition coefficient (Wildman–Crippen LogP) is 1.74. The Hall–Kier alpha value is -1.96. The molecule has 2 heterocycles. The van der Waals surface area contributed by atoms with Crippen LogP contribution in [0.25, 0.3) is 0 Å². The predicted molar refractivity (Wildman–Crippen MR) is 86.4 cm³/mol. The van der Waals surface area contributed by atoms with Crippen molar-refractivity contribution in [3.8, 4) is 0 Å². The quantitative estimate of drug-likeness (QED) is 0.669. The Labute approximate surface area is 130 Å². The molecule has 0 spiro atoms. The average Bonchev–Trinajstić information content (AvgIpc) is 2.45. The standard InChI is InChI=1S/C14H24N6O2/c1-5-18-6-8-19(9-7-18)13-11(20(21)22)12(15-10-16-13)17-14(2,3)4/h10H,5-9H2,1-4H3,(H,15,16,17). The number of nitrogens with zero attached hydrogens (tertiary/aromatic N) is 5. The molecule has 22 heavy (non-hydrogen) atoms. The Bertz CT molecular complexity index is 535. The topological polar surface area (TPSA) is 87.4 Å². The fourth-order valence-corrected chi connectivity index (χ4v) is 2.49. The van der Waals surface area contributed by atoms with E-state index in [1.807, 2.05) is 25.7 Å². The van der Waals surface area contributed by atoms with Gasteiger partial charge in [0, 0.05) is 31.7 Å². The minimum atomic E-state index is -0.393. The van der Waals surface area contributed by atoms with Crippen molar-refractivity contribution in [1.29, 1.82) is 0 Å². The molecule has 8 nitrogen and oxygen atoms in total. The van der Waals surface area contributed by atoms with Gasteiger partial charge in [-0.05, 0) is 27.3 Å². The molecule has 0 radical (unpaired) electrons. The molecule has 0 unspecified atom stereocenters. The van der Waals surface area contributed by atoms with E-state index in [0.717, 1.165) is 32.7 Å². The Morgan fingerprint density at radius 3 is 2.41 bits per heavy atom. The fraction of sp³-hybridized carbons (Fsp3) is 0.714. The number of nitro groups is 1. The van der Waals surface area contributed by atoms with Crippen molar-refractivity contribution >= 4 is 17.3 Å². The molecule has 0 atom stereocenters. The molecule has 0 amide bonds. The number of anilines is 2. The lowest BCUT2D eigenvalue weighted by molar-refractivity contribution is -0.383. The van der Waals surface area contributed by atoms with Gasteiger partial charge >= 0.3 is 5.69 Å². The second-order valence-electron chi connectivity index (χ2n) is 6.45. The van der Waals surface area contributed by atoms with Crippen LogP contribution in [-0.2, 0) is 0 Å². The molecule has 122 valence electrons. The summed E-state index contributed by atoms with van der Waals surface area (Å²) in [6.45, 7) is 12.2. The van der Waals surface area contributed by atoms with Crippen LogP contribution >= 0.6 is 0 Å². The Morgan fingerprint density at radius 1 is 1.27 bits per heavy atom. The lowest BCUT2D eigenvalue weighted by atomic mass is 10.1. The number of hydrogen-bond donors (Lipinski definition) is 1. The van der Waals surface area contributed by atoms with Gasteiger partial charge in [-0.2, -0.15) is 0 Å². The molecule has 0 saturated carbocycles. The Balaban J connectivity index is 2.31. The highest BCUT2D eigenvalue weighted by molar-refractivity contribution is 5.70. The number of rotatable bonds is 4. The highest BCUT2D eigenvalue weighted by Gasteiger charge is 2.30. The highest BCUT2D eigenvalue weighted by Crippen LogP contribution is 2.33. The molecule has 1 N–H and O–H groups in total. The molecule has 0 bridgehead atoms. The maximum Gasteiger partial charge on any atom is 0.353 e. The van der Waals surface area contributed by atoms with Gasteiger partial charge in [-0.15, -0.1) is 0 Å². The number of likely N-dealkylation sites (N-methyl/N-ethyl adjacent to an activating group) is 1. The van der Waals surface area contributed by atoms with Gasteiger partial charge in [0.15, 0.2) is 0 Å². The molecule has 1 saturated heterocycles. The first-order chi connectivity index (χ1) is 10.3. The molecular formula is C14H24N6O2. The maximum absolute atomic E-state index is 11.5. The summed E-state index contributed by atoms with van der Waals surface area (Å²) in [7, 11) is 0. The van der Waals surface area contributed by atoms with Gasteiger partial charge in [-0.1, -0.05) is 6.92 Å². The molecule has 1 aliphatic rings. The van der Waals surface area contributed by atoms with Gasteiger partial charge in [0.2, 0.25) is 11.6 Å². The second kappa shape index (κ2) is 6.43. The smallest absolute Gasteiger partial charge is 0.353 e. The number of nitrogens with one attached hydrogen (secondary N) is 1. The summed E-state index contributed by atoms with van der Waals surface area (Å²) in [4.78, 5) is 23.7. The summed E-state index contributed by atoms with van der Waals surface area (Å²) < 4.78 is 0. The fourth-order valence-electron chi connectivity index (χ4n) is 2.49. The molecule has 1 fully saturated rings. The van der Waals surface area contributed by atoms with Crippen LogP contribution in [0.15, 0.2) is 6.33 Å². The monoisotopic (exact) mass is 308 g/mol. The summed E-state index contributed by atoms with van der Waals surface area (Å²) in [6.07, 6.45) is 1.39. The van der Waals surface area contributed by atoms with Crippen LogP contribution in [0.5, 0.6) is 0 Å². The van der Waals surface area contributed by atoms with E-state index in [1.165, 1.54) is 6.33 Å². The third-order valence-electron chi connectivity index (χ3n) is 3.60. The minimum Gasteiger partial charge on any atom is -0.360 e. The van der Waals surface area contributed by atoms with Gasteiger partial charge in [0.1, 0.15) is 6.33 Å². The first-order valence-corrected chi connectivity index (χ1v) is 7.56. The molecule has 8 heteroatoms. The normalized spacial score (nSPS) is 16.6. The van der Waals surface area contributed by atoms with Crippen molar-refractivity contribution in [1.82, 2.24) is 14.9 Å². The van der Waals surface area contributed by atoms with Crippen molar-refractivity contribution in [2.75, 3.05) is 42.9 Å². The van der Waals surface area contributed by atoms with E-state index in [2.05, 4.69) is 27.1 Å². The largest absolute Gasteiger partial charge is 0.360 e. The lowest BCUT2D eigenvalue weighted by Gasteiger charge is -2.34. The van der Waals surface area contributed by atoms with Crippen LogP contribution in [0.1, 0.15) is 27.7 Å². The number of hydrogen-bond acceptors (Lipinski definition) is 7. The third kappa shape index (κ3) is 3.82. The molecular weight excluding hydrogens is 284 g/mol. The summed E-state index contributed by atoms with van der Waals surface area (Å²) in [6, 6.07) is 0. The molecule has 1 aromatic heterocycles. The average molecular weight is 308 g/mol. The van der Waals surface area contributed by atoms with Gasteiger partial charge in [-0.25, -0.2) is 9.97 Å². The number of piperazine rings is 1. The van der Waals surface area contributed by atoms with Crippen LogP contribution in [-0.4, -0.2) is 58.1 Å². The van der Waals surface area contributed by atoms with Crippen molar-refractivity contribution in [3.05, 3.63) is 16.4 Å². The van der Waals surface area contributed by atoms with E-state index in [4.69, 9.17) is 0 Å². The molecule has 0 aromatic carbocycles. The Morgan fingerprint density at radius 2 is 1.91 bits per heavy atom. The van der Waals surface area contributed by atoms with E-state index < -0.39 is 4.92 Å². The van der Waals surface area contributed by atoms with Gasteiger partial charge in [-0.3, -0.25) is 10.1 Å². The molecule has 0 aliphatic carbocycles. The van der Waals surface area contributed by atoms with Crippen LogP contribution < -0.4 is 10.2 Å². The third-order valence-corrected chi connectivity index (χ3v) is 3.60. The zero-order valence-electron chi connectivity index (χ0n) is 13.7. The zero-order chi connectivity index (χ0) is 16.3. The van der Waals surface area contributed by atoms with Crippen molar-refractivity contribution < 1.29 is 4.92 Å². The van der Waals surface area contributed by atoms with Crippen LogP contribution in [0, 0.1) is 10.1 Å². The Kier molecular flexibility index (Phi) is 4.80. The van der Waals surface area contributed by atoms with Crippen molar-refractivity contribution in [2.45, 2.75) is 33.2 Å². The summed E-state index contributed by atoms with van der Waals surface area (Å²) in [5.41, 5.74) is -0.348. The maximum atomic E-state index is 11.5. The SMILES string of the molecule is CCN1CCN(c2ncnc(NC(C)(C)C)c2[N+](=O)[O-])CC1. The van der Waals surface area contributed by atoms with Crippen LogP contribution in [0.4, 0.5) is 17.3 Å². The van der Waals surface area contributed by atoms with Crippen molar-refractivity contribution in [3.63, 3.8) is 0 Å². The van der Waals surface area contributed by atoms with Gasteiger partial charge in [0.05, 0.1) is 4.92 Å². The van der Waals surface area contributed by atoms with Crippen LogP contribution in [0.3, 0.4) is 0 Å². The van der Waals surface area contributed by atoms with E-state index >= 15 is 0 Å².